The Labute approximate surface area is 108 Å². The fraction of sp³-hybridized carbons (Fsp3) is 0.538. The number of para-hydroxylation sites is 1. The fourth-order valence-electron chi connectivity index (χ4n) is 1.42. The van der Waals surface area contributed by atoms with Crippen LogP contribution in [0.2, 0.25) is 0 Å². The van der Waals surface area contributed by atoms with Crippen LogP contribution < -0.4 is 10.1 Å². The maximum absolute atomic E-state index is 5.30. The lowest BCUT2D eigenvalue weighted by Gasteiger charge is -2.07. The van der Waals surface area contributed by atoms with Crippen molar-refractivity contribution in [2.75, 3.05) is 39.7 Å². The molecule has 3 nitrogen and oxygen atoms in total. The van der Waals surface area contributed by atoms with E-state index in [-0.39, 0.29) is 0 Å². The fourth-order valence-corrected chi connectivity index (χ4v) is 2.39. The van der Waals surface area contributed by atoms with Gasteiger partial charge in [-0.05, 0) is 30.9 Å². The highest BCUT2D eigenvalue weighted by Crippen LogP contribution is 2.28. The lowest BCUT2D eigenvalue weighted by molar-refractivity contribution is 0.199. The molecule has 0 heterocycles. The summed E-state index contributed by atoms with van der Waals surface area (Å²) in [6.45, 7) is 2.74. The molecule has 0 aliphatic heterocycles. The smallest absolute Gasteiger partial charge is 0.132 e. The SMILES string of the molecule is COCCNCCCSc1ccccc1OC. The van der Waals surface area contributed by atoms with Crippen LogP contribution >= 0.6 is 11.8 Å². The molecule has 0 fully saturated rings. The Morgan fingerprint density at radius 1 is 1.18 bits per heavy atom. The summed E-state index contributed by atoms with van der Waals surface area (Å²) in [6.07, 6.45) is 1.15. The van der Waals surface area contributed by atoms with Crippen molar-refractivity contribution in [3.63, 3.8) is 0 Å². The monoisotopic (exact) mass is 255 g/mol. The number of methoxy groups -OCH3 is 2. The molecule has 96 valence electrons. The summed E-state index contributed by atoms with van der Waals surface area (Å²) in [4.78, 5) is 1.21. The summed E-state index contributed by atoms with van der Waals surface area (Å²) in [7, 11) is 3.44. The number of benzene rings is 1. The van der Waals surface area contributed by atoms with E-state index in [4.69, 9.17) is 9.47 Å². The van der Waals surface area contributed by atoms with E-state index >= 15 is 0 Å². The molecule has 4 heteroatoms. The summed E-state index contributed by atoms with van der Waals surface area (Å²) in [5, 5.41) is 3.33. The molecule has 0 radical (unpaired) electrons. The van der Waals surface area contributed by atoms with Gasteiger partial charge in [0.05, 0.1) is 13.7 Å². The van der Waals surface area contributed by atoms with Gasteiger partial charge in [-0.2, -0.15) is 0 Å². The molecule has 0 saturated heterocycles. The second kappa shape index (κ2) is 9.33. The van der Waals surface area contributed by atoms with Gasteiger partial charge in [0, 0.05) is 18.6 Å². The van der Waals surface area contributed by atoms with Gasteiger partial charge in [0.2, 0.25) is 0 Å². The number of hydrogen-bond donors (Lipinski definition) is 1. The van der Waals surface area contributed by atoms with Crippen LogP contribution in [0.1, 0.15) is 6.42 Å². The summed E-state index contributed by atoms with van der Waals surface area (Å²) >= 11 is 1.84. The Bertz CT molecular complexity index is 307. The van der Waals surface area contributed by atoms with Crippen LogP contribution in [0.3, 0.4) is 0 Å². The first-order chi connectivity index (χ1) is 8.38. The molecule has 1 aromatic carbocycles. The first-order valence-corrected chi connectivity index (χ1v) is 6.82. The molecule has 1 N–H and O–H groups in total. The number of hydrogen-bond acceptors (Lipinski definition) is 4. The van der Waals surface area contributed by atoms with Gasteiger partial charge in [-0.1, -0.05) is 12.1 Å². The molecule has 0 spiro atoms. The number of nitrogens with one attached hydrogen (secondary N) is 1. The average molecular weight is 255 g/mol. The highest BCUT2D eigenvalue weighted by atomic mass is 32.2. The van der Waals surface area contributed by atoms with E-state index in [0.717, 1.165) is 37.6 Å². The van der Waals surface area contributed by atoms with Crippen LogP contribution in [0, 0.1) is 0 Å². The third-order valence-electron chi connectivity index (χ3n) is 2.31. The number of ether oxygens (including phenoxy) is 2. The largest absolute Gasteiger partial charge is 0.496 e. The van der Waals surface area contributed by atoms with E-state index in [2.05, 4.69) is 11.4 Å². The number of thioether (sulfide) groups is 1. The molecular formula is C13H21NO2S. The Balaban J connectivity index is 2.13. The Hall–Kier alpha value is -0.710. The van der Waals surface area contributed by atoms with Gasteiger partial charge in [0.15, 0.2) is 0 Å². The minimum atomic E-state index is 0.777. The van der Waals surface area contributed by atoms with Gasteiger partial charge in [0.1, 0.15) is 5.75 Å². The van der Waals surface area contributed by atoms with Gasteiger partial charge in [-0.15, -0.1) is 11.8 Å². The molecule has 0 saturated carbocycles. The van der Waals surface area contributed by atoms with Crippen LogP contribution in [0.4, 0.5) is 0 Å². The van der Waals surface area contributed by atoms with Crippen molar-refractivity contribution in [3.8, 4) is 5.75 Å². The van der Waals surface area contributed by atoms with Gasteiger partial charge < -0.3 is 14.8 Å². The predicted octanol–water partition coefficient (Wildman–Crippen LogP) is 2.41. The van der Waals surface area contributed by atoms with Gasteiger partial charge >= 0.3 is 0 Å². The van der Waals surface area contributed by atoms with Crippen molar-refractivity contribution in [3.05, 3.63) is 24.3 Å². The van der Waals surface area contributed by atoms with E-state index in [1.54, 1.807) is 14.2 Å². The lowest BCUT2D eigenvalue weighted by Crippen LogP contribution is -2.20. The molecule has 17 heavy (non-hydrogen) atoms. The highest BCUT2D eigenvalue weighted by Gasteiger charge is 2.01. The van der Waals surface area contributed by atoms with Crippen LogP contribution in [-0.2, 0) is 4.74 Å². The van der Waals surface area contributed by atoms with Crippen molar-refractivity contribution >= 4 is 11.8 Å². The van der Waals surface area contributed by atoms with Crippen molar-refractivity contribution in [2.45, 2.75) is 11.3 Å². The molecule has 0 aliphatic carbocycles. The molecule has 0 aliphatic rings. The zero-order valence-corrected chi connectivity index (χ0v) is 11.4. The van der Waals surface area contributed by atoms with Gasteiger partial charge in [-0.25, -0.2) is 0 Å². The molecule has 0 unspecified atom stereocenters. The third-order valence-corrected chi connectivity index (χ3v) is 3.45. The Morgan fingerprint density at radius 2 is 2.00 bits per heavy atom. The molecular weight excluding hydrogens is 234 g/mol. The molecule has 1 aromatic rings. The number of rotatable bonds is 9. The minimum Gasteiger partial charge on any atom is -0.496 e. The van der Waals surface area contributed by atoms with Crippen molar-refractivity contribution < 1.29 is 9.47 Å². The van der Waals surface area contributed by atoms with E-state index in [1.165, 1.54) is 4.90 Å². The standard InChI is InChI=1S/C13H21NO2S/c1-15-10-9-14-8-5-11-17-13-7-4-3-6-12(13)16-2/h3-4,6-7,14H,5,8-11H2,1-2H3. The minimum absolute atomic E-state index is 0.777. The lowest BCUT2D eigenvalue weighted by atomic mass is 10.3. The molecule has 1 rings (SSSR count). The topological polar surface area (TPSA) is 30.5 Å². The second-order valence-corrected chi connectivity index (χ2v) is 4.73. The highest BCUT2D eigenvalue weighted by molar-refractivity contribution is 7.99. The molecule has 0 amide bonds. The van der Waals surface area contributed by atoms with Crippen LogP contribution in [0.25, 0.3) is 0 Å². The molecule has 0 atom stereocenters. The van der Waals surface area contributed by atoms with E-state index in [9.17, 15) is 0 Å². The van der Waals surface area contributed by atoms with Crippen LogP contribution in [0.15, 0.2) is 29.2 Å². The quantitative estimate of drug-likeness (QED) is 0.542. The summed E-state index contributed by atoms with van der Waals surface area (Å²) in [6, 6.07) is 8.14. The van der Waals surface area contributed by atoms with Crippen molar-refractivity contribution in [2.24, 2.45) is 0 Å². The zero-order valence-electron chi connectivity index (χ0n) is 10.6. The van der Waals surface area contributed by atoms with Crippen molar-refractivity contribution in [1.29, 1.82) is 0 Å². The third kappa shape index (κ3) is 5.96. The second-order valence-electron chi connectivity index (χ2n) is 3.60. The van der Waals surface area contributed by atoms with E-state index in [1.807, 2.05) is 30.0 Å². The summed E-state index contributed by atoms with van der Waals surface area (Å²) in [5.41, 5.74) is 0. The maximum Gasteiger partial charge on any atom is 0.132 e. The van der Waals surface area contributed by atoms with Crippen molar-refractivity contribution in [1.82, 2.24) is 5.32 Å². The summed E-state index contributed by atoms with van der Waals surface area (Å²) in [5.74, 6) is 2.06. The molecule has 0 aromatic heterocycles. The normalized spacial score (nSPS) is 10.5. The average Bonchev–Trinajstić information content (AvgIpc) is 2.38. The Kier molecular flexibility index (Phi) is 7.88. The first-order valence-electron chi connectivity index (χ1n) is 5.84. The van der Waals surface area contributed by atoms with E-state index < -0.39 is 0 Å². The predicted molar refractivity (Wildman–Crippen MR) is 73.1 cm³/mol. The maximum atomic E-state index is 5.30. The molecule has 0 bridgehead atoms. The van der Waals surface area contributed by atoms with E-state index in [0.29, 0.717) is 0 Å². The first kappa shape index (κ1) is 14.4. The van der Waals surface area contributed by atoms with Crippen LogP contribution in [-0.4, -0.2) is 39.7 Å². The van der Waals surface area contributed by atoms with Crippen LogP contribution in [0.5, 0.6) is 5.75 Å². The Morgan fingerprint density at radius 3 is 2.76 bits per heavy atom. The summed E-state index contributed by atoms with van der Waals surface area (Å²) < 4.78 is 10.3. The zero-order chi connectivity index (χ0) is 12.3. The van der Waals surface area contributed by atoms with Gasteiger partial charge in [-0.3, -0.25) is 0 Å². The van der Waals surface area contributed by atoms with Gasteiger partial charge in [0.25, 0.3) is 0 Å².